The van der Waals surface area contributed by atoms with Crippen LogP contribution in [-0.4, -0.2) is 26.8 Å². The minimum Gasteiger partial charge on any atom is -0.308 e. The van der Waals surface area contributed by atoms with Crippen molar-refractivity contribution in [2.75, 3.05) is 12.9 Å². The zero-order valence-corrected chi connectivity index (χ0v) is 7.73. The van der Waals surface area contributed by atoms with Crippen molar-refractivity contribution in [3.8, 4) is 0 Å². The molecule has 0 bridgehead atoms. The molecule has 0 amide bonds. The molecule has 0 radical (unpaired) electrons. The predicted octanol–water partition coefficient (Wildman–Crippen LogP) is 0.805. The largest absolute Gasteiger partial charge is 0.308 e. The maximum atomic E-state index is 10.6. The molecule has 5 heteroatoms. The van der Waals surface area contributed by atoms with Gasteiger partial charge in [-0.25, -0.2) is 6.57 Å². The Morgan fingerprint density at radius 1 is 1.58 bits per heavy atom. The normalized spacial score (nSPS) is 21.0. The highest BCUT2D eigenvalue weighted by atomic mass is 32.2. The summed E-state index contributed by atoms with van der Waals surface area (Å²) in [6, 6.07) is 0. The van der Waals surface area contributed by atoms with Gasteiger partial charge in [0, 0.05) is 12.8 Å². The number of rotatable bonds is 3. The van der Waals surface area contributed by atoms with E-state index in [0.29, 0.717) is 0 Å². The number of nitrogens with zero attached hydrogens (tertiary/aromatic N) is 1. The van der Waals surface area contributed by atoms with Crippen LogP contribution in [-0.2, 0) is 14.3 Å². The molecule has 1 saturated carbocycles. The van der Waals surface area contributed by atoms with Crippen LogP contribution in [0.15, 0.2) is 0 Å². The second kappa shape index (κ2) is 3.04. The maximum absolute atomic E-state index is 10.6. The van der Waals surface area contributed by atoms with Crippen LogP contribution >= 0.6 is 0 Å². The first-order valence-electron chi connectivity index (χ1n) is 3.70. The lowest BCUT2D eigenvalue weighted by Gasteiger charge is -2.28. The summed E-state index contributed by atoms with van der Waals surface area (Å²) in [5.41, 5.74) is -0.539. The van der Waals surface area contributed by atoms with Crippen molar-refractivity contribution in [3.63, 3.8) is 0 Å². The van der Waals surface area contributed by atoms with Crippen LogP contribution in [0.4, 0.5) is 0 Å². The molecule has 0 unspecified atom stereocenters. The van der Waals surface area contributed by atoms with Crippen molar-refractivity contribution in [3.05, 3.63) is 11.4 Å². The quantitative estimate of drug-likeness (QED) is 0.487. The van der Waals surface area contributed by atoms with Crippen LogP contribution in [0.5, 0.6) is 0 Å². The van der Waals surface area contributed by atoms with Gasteiger partial charge in [0.25, 0.3) is 15.7 Å². The van der Waals surface area contributed by atoms with Crippen LogP contribution < -0.4 is 0 Å². The first-order valence-corrected chi connectivity index (χ1v) is 5.52. The zero-order valence-electron chi connectivity index (χ0n) is 6.91. The fourth-order valence-corrected chi connectivity index (χ4v) is 1.52. The molecule has 1 aliphatic rings. The summed E-state index contributed by atoms with van der Waals surface area (Å²) >= 11 is 0. The van der Waals surface area contributed by atoms with E-state index in [-0.39, 0.29) is 6.61 Å². The summed E-state index contributed by atoms with van der Waals surface area (Å²) < 4.78 is 25.8. The molecule has 68 valence electrons. The molecule has 0 spiro atoms. The zero-order chi connectivity index (χ0) is 9.24. The average molecular weight is 189 g/mol. The van der Waals surface area contributed by atoms with Gasteiger partial charge in [-0.3, -0.25) is 4.18 Å². The SMILES string of the molecule is [C-]#[N+]C1(COS(C)(=O)=O)CCC1. The second-order valence-corrected chi connectivity index (χ2v) is 4.80. The van der Waals surface area contributed by atoms with Gasteiger partial charge >= 0.3 is 0 Å². The molecular weight excluding hydrogens is 178 g/mol. The maximum Gasteiger partial charge on any atom is 0.264 e. The standard InChI is InChI=1S/C7H11NO3S/c1-8-7(4-3-5-7)6-11-12(2,9)10/h3-6H2,2H3. The van der Waals surface area contributed by atoms with Gasteiger partial charge in [0.1, 0.15) is 6.61 Å². The lowest BCUT2D eigenvalue weighted by Crippen LogP contribution is -2.39. The first kappa shape index (κ1) is 9.49. The lowest BCUT2D eigenvalue weighted by molar-refractivity contribution is 0.181. The van der Waals surface area contributed by atoms with Gasteiger partial charge in [-0.2, -0.15) is 8.42 Å². The van der Waals surface area contributed by atoms with Gasteiger partial charge in [-0.05, 0) is 6.42 Å². The van der Waals surface area contributed by atoms with Crippen LogP contribution in [0.3, 0.4) is 0 Å². The lowest BCUT2D eigenvalue weighted by atomic mass is 9.78. The molecule has 0 aliphatic heterocycles. The summed E-state index contributed by atoms with van der Waals surface area (Å²) in [4.78, 5) is 3.39. The van der Waals surface area contributed by atoms with E-state index >= 15 is 0 Å². The van der Waals surface area contributed by atoms with E-state index in [9.17, 15) is 8.42 Å². The fraction of sp³-hybridized carbons (Fsp3) is 0.857. The van der Waals surface area contributed by atoms with E-state index < -0.39 is 15.7 Å². The summed E-state index contributed by atoms with van der Waals surface area (Å²) in [6.45, 7) is 6.89. The van der Waals surface area contributed by atoms with Crippen molar-refractivity contribution in [1.82, 2.24) is 0 Å². The van der Waals surface area contributed by atoms with Gasteiger partial charge in [0.15, 0.2) is 0 Å². The van der Waals surface area contributed by atoms with Gasteiger partial charge in [-0.1, -0.05) is 0 Å². The molecule has 1 fully saturated rings. The fourth-order valence-electron chi connectivity index (χ4n) is 1.09. The molecule has 12 heavy (non-hydrogen) atoms. The third-order valence-corrected chi connectivity index (χ3v) is 2.61. The van der Waals surface area contributed by atoms with Crippen molar-refractivity contribution >= 4 is 10.1 Å². The molecular formula is C7H11NO3S. The smallest absolute Gasteiger partial charge is 0.264 e. The summed E-state index contributed by atoms with van der Waals surface area (Å²) in [7, 11) is -3.39. The monoisotopic (exact) mass is 189 g/mol. The molecule has 1 aliphatic carbocycles. The highest BCUT2D eigenvalue weighted by Crippen LogP contribution is 2.36. The van der Waals surface area contributed by atoms with E-state index in [1.54, 1.807) is 0 Å². The minimum atomic E-state index is -3.39. The van der Waals surface area contributed by atoms with Crippen molar-refractivity contribution in [2.45, 2.75) is 24.8 Å². The van der Waals surface area contributed by atoms with Crippen LogP contribution in [0.1, 0.15) is 19.3 Å². The second-order valence-electron chi connectivity index (χ2n) is 3.16. The Hall–Kier alpha value is -0.600. The minimum absolute atomic E-state index is 0.0231. The van der Waals surface area contributed by atoms with E-state index in [2.05, 4.69) is 9.03 Å². The van der Waals surface area contributed by atoms with Crippen molar-refractivity contribution in [2.24, 2.45) is 0 Å². The Bertz CT molecular complexity index is 297. The van der Waals surface area contributed by atoms with Gasteiger partial charge in [0.2, 0.25) is 0 Å². The van der Waals surface area contributed by atoms with Crippen molar-refractivity contribution in [1.29, 1.82) is 0 Å². The molecule has 0 N–H and O–H groups in total. The van der Waals surface area contributed by atoms with E-state index in [4.69, 9.17) is 6.57 Å². The highest BCUT2D eigenvalue weighted by molar-refractivity contribution is 7.85. The molecule has 0 atom stereocenters. The molecule has 0 aromatic rings. The number of hydrogen-bond donors (Lipinski definition) is 0. The van der Waals surface area contributed by atoms with E-state index in [1.165, 1.54) is 0 Å². The summed E-state index contributed by atoms with van der Waals surface area (Å²) in [6.07, 6.45) is 3.51. The summed E-state index contributed by atoms with van der Waals surface area (Å²) in [5, 5.41) is 0. The molecule has 0 aromatic heterocycles. The average Bonchev–Trinajstić information content (AvgIpc) is 1.84. The Kier molecular flexibility index (Phi) is 2.40. The highest BCUT2D eigenvalue weighted by Gasteiger charge is 2.45. The molecule has 0 heterocycles. The number of hydrogen-bond acceptors (Lipinski definition) is 3. The Morgan fingerprint density at radius 3 is 2.42 bits per heavy atom. The predicted molar refractivity (Wildman–Crippen MR) is 44.0 cm³/mol. The molecule has 1 rings (SSSR count). The van der Waals surface area contributed by atoms with Crippen LogP contribution in [0.2, 0.25) is 0 Å². The van der Waals surface area contributed by atoms with Gasteiger partial charge < -0.3 is 4.85 Å². The van der Waals surface area contributed by atoms with Crippen molar-refractivity contribution < 1.29 is 12.6 Å². The van der Waals surface area contributed by atoms with Crippen LogP contribution in [0, 0.1) is 6.57 Å². The van der Waals surface area contributed by atoms with Crippen LogP contribution in [0.25, 0.3) is 4.85 Å². The Balaban J connectivity index is 2.47. The Labute approximate surface area is 72.5 Å². The van der Waals surface area contributed by atoms with E-state index in [1.807, 2.05) is 0 Å². The Morgan fingerprint density at radius 2 is 2.17 bits per heavy atom. The topological polar surface area (TPSA) is 47.7 Å². The van der Waals surface area contributed by atoms with E-state index in [0.717, 1.165) is 25.5 Å². The van der Waals surface area contributed by atoms with Gasteiger partial charge in [-0.15, -0.1) is 0 Å². The first-order chi connectivity index (χ1) is 5.47. The third-order valence-electron chi connectivity index (χ3n) is 2.06. The van der Waals surface area contributed by atoms with Gasteiger partial charge in [0.05, 0.1) is 6.26 Å². The third kappa shape index (κ3) is 2.19. The molecule has 0 saturated heterocycles. The molecule has 0 aromatic carbocycles. The summed E-state index contributed by atoms with van der Waals surface area (Å²) in [5.74, 6) is 0. The molecule has 4 nitrogen and oxygen atoms in total.